The molecule has 0 bridgehead atoms. The molecule has 1 N–H and O–H groups in total. The van der Waals surface area contributed by atoms with Crippen LogP contribution in [0.15, 0.2) is 37.7 Å². The highest BCUT2D eigenvalue weighted by Crippen LogP contribution is 2.42. The van der Waals surface area contributed by atoms with Gasteiger partial charge in [-0.3, -0.25) is 0 Å². The Bertz CT molecular complexity index is 705. The van der Waals surface area contributed by atoms with Crippen LogP contribution in [0.3, 0.4) is 0 Å². The average molecular weight is 527 g/mol. The number of hydrogen-bond acceptors (Lipinski definition) is 5. The molecule has 1 aromatic carbocycles. The molecule has 1 aliphatic heterocycles. The molecule has 2 atom stereocenters. The summed E-state index contributed by atoms with van der Waals surface area (Å²) in [6.45, 7) is 5.07. The van der Waals surface area contributed by atoms with Gasteiger partial charge in [-0.15, -0.1) is 0 Å². The van der Waals surface area contributed by atoms with Crippen LogP contribution in [-0.2, 0) is 24.7 Å². The monoisotopic (exact) mass is 524 g/mol. The van der Waals surface area contributed by atoms with Gasteiger partial charge in [0.2, 0.25) is 5.60 Å². The number of cyclic esters (lactones) is 1. The third kappa shape index (κ3) is 3.76. The van der Waals surface area contributed by atoms with Gasteiger partial charge in [-0.1, -0.05) is 28.1 Å². The molecule has 1 heterocycles. The van der Waals surface area contributed by atoms with Crippen molar-refractivity contribution >= 4 is 59.7 Å². The Balaban J connectivity index is 2.56. The van der Waals surface area contributed by atoms with Gasteiger partial charge in [-0.2, -0.15) is 0 Å². The Labute approximate surface area is 164 Å². The molecule has 0 fully saturated rings. The van der Waals surface area contributed by atoms with Crippen LogP contribution in [0.1, 0.15) is 26.3 Å². The van der Waals surface area contributed by atoms with E-state index in [-0.39, 0.29) is 14.5 Å². The highest BCUT2D eigenvalue weighted by Gasteiger charge is 2.55. The number of carbonyl (C=O) groups excluding carboxylic acids is 2. The van der Waals surface area contributed by atoms with Crippen LogP contribution in [0.2, 0.25) is 0 Å². The Hall–Kier alpha value is -0.700. The van der Waals surface area contributed by atoms with Crippen molar-refractivity contribution in [3.8, 4) is 0 Å². The number of ether oxygens (including phenoxy) is 2. The molecule has 0 unspecified atom stereocenters. The van der Waals surface area contributed by atoms with E-state index in [0.717, 1.165) is 4.47 Å². The van der Waals surface area contributed by atoms with Crippen molar-refractivity contribution in [1.29, 1.82) is 0 Å². The molecule has 0 aliphatic carbocycles. The molecule has 8 heteroatoms. The van der Waals surface area contributed by atoms with Gasteiger partial charge in [0.1, 0.15) is 10.1 Å². The molecule has 130 valence electrons. The van der Waals surface area contributed by atoms with Crippen molar-refractivity contribution in [3.05, 3.63) is 43.3 Å². The Morgan fingerprint density at radius 1 is 1.17 bits per heavy atom. The molecule has 0 radical (unpaired) electrons. The van der Waals surface area contributed by atoms with Crippen molar-refractivity contribution in [2.24, 2.45) is 0 Å². The number of hydrogen-bond donors (Lipinski definition) is 1. The summed E-state index contributed by atoms with van der Waals surface area (Å²) in [6.07, 6.45) is -1.25. The molecule has 5 nitrogen and oxygen atoms in total. The summed E-state index contributed by atoms with van der Waals surface area (Å²) < 4.78 is 11.7. The SMILES string of the molecule is CC(C)(C)OC(=O)[C@](O)(c1ccc(Br)cc1)[C@@H]1OC(=O)C(Br)=C1Br. The summed E-state index contributed by atoms with van der Waals surface area (Å²) in [4.78, 5) is 24.6. The molecule has 0 aromatic heterocycles. The van der Waals surface area contributed by atoms with E-state index in [0.29, 0.717) is 0 Å². The number of rotatable bonds is 3. The maximum Gasteiger partial charge on any atom is 0.347 e. The van der Waals surface area contributed by atoms with Crippen LogP contribution in [-0.4, -0.2) is 28.8 Å². The smallest absolute Gasteiger partial charge is 0.347 e. The van der Waals surface area contributed by atoms with Crippen LogP contribution in [0.5, 0.6) is 0 Å². The first kappa shape index (κ1) is 19.6. The van der Waals surface area contributed by atoms with Gasteiger partial charge in [-0.05, 0) is 70.3 Å². The van der Waals surface area contributed by atoms with Gasteiger partial charge >= 0.3 is 11.9 Å². The molecule has 2 rings (SSSR count). The summed E-state index contributed by atoms with van der Waals surface area (Å²) >= 11 is 9.60. The fraction of sp³-hybridized carbons (Fsp3) is 0.375. The van der Waals surface area contributed by atoms with Crippen LogP contribution < -0.4 is 0 Å². The van der Waals surface area contributed by atoms with Crippen molar-refractivity contribution in [3.63, 3.8) is 0 Å². The number of carbonyl (C=O) groups is 2. The third-order valence-electron chi connectivity index (χ3n) is 3.22. The number of esters is 2. The highest BCUT2D eigenvalue weighted by molar-refractivity contribution is 9.14. The molecule has 24 heavy (non-hydrogen) atoms. The zero-order valence-electron chi connectivity index (χ0n) is 13.1. The fourth-order valence-electron chi connectivity index (χ4n) is 2.13. The molecule has 1 aliphatic rings. The second-order valence-corrected chi connectivity index (χ2v) is 8.79. The van der Waals surface area contributed by atoms with Gasteiger partial charge in [0.25, 0.3) is 0 Å². The second-order valence-electron chi connectivity index (χ2n) is 6.22. The molecule has 0 spiro atoms. The van der Waals surface area contributed by atoms with Gasteiger partial charge in [0.05, 0.1) is 4.48 Å². The standard InChI is InChI=1S/C16H15Br3O5/c1-15(2,3)24-14(21)16(22,8-4-6-9(17)7-5-8)12-10(18)11(19)13(20)23-12/h4-7,12,22H,1-3H3/t12-,16+/m1/s1. The summed E-state index contributed by atoms with van der Waals surface area (Å²) in [6, 6.07) is 6.48. The molecular weight excluding hydrogens is 512 g/mol. The van der Waals surface area contributed by atoms with Gasteiger partial charge in [0.15, 0.2) is 6.10 Å². The van der Waals surface area contributed by atoms with Crippen molar-refractivity contribution in [2.45, 2.75) is 38.1 Å². The second kappa shape index (κ2) is 6.90. The largest absolute Gasteiger partial charge is 0.457 e. The van der Waals surface area contributed by atoms with Crippen molar-refractivity contribution < 1.29 is 24.2 Å². The zero-order chi connectivity index (χ0) is 18.3. The molecule has 1 aromatic rings. The number of halogens is 3. The average Bonchev–Trinajstić information content (AvgIpc) is 2.73. The number of aliphatic hydroxyl groups is 1. The Kier molecular flexibility index (Phi) is 5.64. The van der Waals surface area contributed by atoms with Gasteiger partial charge < -0.3 is 14.6 Å². The topological polar surface area (TPSA) is 72.8 Å². The van der Waals surface area contributed by atoms with E-state index < -0.39 is 29.2 Å². The van der Waals surface area contributed by atoms with E-state index in [2.05, 4.69) is 47.8 Å². The van der Waals surface area contributed by atoms with E-state index in [9.17, 15) is 14.7 Å². The van der Waals surface area contributed by atoms with Gasteiger partial charge in [-0.25, -0.2) is 9.59 Å². The lowest BCUT2D eigenvalue weighted by atomic mass is 9.87. The minimum absolute atomic E-state index is 0.117. The van der Waals surface area contributed by atoms with E-state index >= 15 is 0 Å². The van der Waals surface area contributed by atoms with Crippen LogP contribution >= 0.6 is 47.8 Å². The summed E-state index contributed by atoms with van der Waals surface area (Å²) in [5.41, 5.74) is -2.77. The summed E-state index contributed by atoms with van der Waals surface area (Å²) in [5.74, 6) is -1.58. The van der Waals surface area contributed by atoms with Crippen LogP contribution in [0, 0.1) is 0 Å². The minimum atomic E-state index is -2.20. The Morgan fingerprint density at radius 3 is 2.12 bits per heavy atom. The Morgan fingerprint density at radius 2 is 1.71 bits per heavy atom. The molecule has 0 amide bonds. The van der Waals surface area contributed by atoms with E-state index in [1.807, 2.05) is 0 Å². The van der Waals surface area contributed by atoms with E-state index in [1.165, 1.54) is 0 Å². The lowest BCUT2D eigenvalue weighted by Gasteiger charge is -2.34. The van der Waals surface area contributed by atoms with E-state index in [1.54, 1.807) is 45.0 Å². The van der Waals surface area contributed by atoms with Crippen LogP contribution in [0.4, 0.5) is 0 Å². The maximum absolute atomic E-state index is 12.8. The normalized spacial score (nSPS) is 20.6. The molecule has 0 saturated heterocycles. The fourth-order valence-corrected chi connectivity index (χ4v) is 3.28. The maximum atomic E-state index is 12.8. The van der Waals surface area contributed by atoms with Crippen LogP contribution in [0.25, 0.3) is 0 Å². The summed E-state index contributed by atoms with van der Waals surface area (Å²) in [5, 5.41) is 11.3. The quantitative estimate of drug-likeness (QED) is 0.605. The molecule has 0 saturated carbocycles. The van der Waals surface area contributed by atoms with Crippen molar-refractivity contribution in [1.82, 2.24) is 0 Å². The first-order valence-corrected chi connectivity index (χ1v) is 9.32. The van der Waals surface area contributed by atoms with E-state index in [4.69, 9.17) is 9.47 Å². The predicted octanol–water partition coefficient (Wildman–Crippen LogP) is 3.91. The first-order chi connectivity index (χ1) is 11.0. The predicted molar refractivity (Wildman–Crippen MR) is 98.6 cm³/mol. The first-order valence-electron chi connectivity index (χ1n) is 6.95. The van der Waals surface area contributed by atoms with Gasteiger partial charge in [0, 0.05) is 4.47 Å². The lowest BCUT2D eigenvalue weighted by Crippen LogP contribution is -2.50. The lowest BCUT2D eigenvalue weighted by molar-refractivity contribution is -0.191. The molecular formula is C16H15Br3O5. The summed E-state index contributed by atoms with van der Waals surface area (Å²) in [7, 11) is 0. The third-order valence-corrected chi connectivity index (χ3v) is 5.84. The van der Waals surface area contributed by atoms with Crippen molar-refractivity contribution in [2.75, 3.05) is 0 Å². The minimum Gasteiger partial charge on any atom is -0.457 e. The number of benzene rings is 1. The zero-order valence-corrected chi connectivity index (χ0v) is 17.9. The highest BCUT2D eigenvalue weighted by atomic mass is 79.9.